The van der Waals surface area contributed by atoms with Crippen molar-refractivity contribution in [2.45, 2.75) is 127 Å². The van der Waals surface area contributed by atoms with Gasteiger partial charge in [-0.2, -0.15) is 0 Å². The van der Waals surface area contributed by atoms with E-state index in [1.807, 2.05) is 6.08 Å². The van der Waals surface area contributed by atoms with Crippen molar-refractivity contribution in [2.24, 2.45) is 5.73 Å². The first-order chi connectivity index (χ1) is 15.4. The number of hydrogen-bond acceptors (Lipinski definition) is 8. The van der Waals surface area contributed by atoms with Gasteiger partial charge < -0.3 is 40.7 Å². The van der Waals surface area contributed by atoms with Crippen LogP contribution in [0.5, 0.6) is 0 Å². The number of nitrogens with two attached hydrogens (primary N) is 1. The highest BCUT2D eigenvalue weighted by atomic mass is 16.7. The van der Waals surface area contributed by atoms with Gasteiger partial charge in [-0.1, -0.05) is 83.3 Å². The summed E-state index contributed by atoms with van der Waals surface area (Å²) in [6.45, 7) is 1.60. The Hall–Kier alpha value is -0.580. The van der Waals surface area contributed by atoms with E-state index >= 15 is 0 Å². The minimum atomic E-state index is -1.50. The highest BCUT2D eigenvalue weighted by Crippen LogP contribution is 2.22. The number of ether oxygens (including phenoxy) is 2. The molecule has 0 aromatic carbocycles. The van der Waals surface area contributed by atoms with E-state index in [4.69, 9.17) is 15.2 Å². The minimum absolute atomic E-state index is 0.118. The first-order valence-corrected chi connectivity index (χ1v) is 12.4. The molecule has 0 saturated carbocycles. The van der Waals surface area contributed by atoms with Gasteiger partial charge in [0.25, 0.3) is 0 Å². The average molecular weight is 462 g/mol. The van der Waals surface area contributed by atoms with Crippen molar-refractivity contribution in [3.63, 3.8) is 0 Å². The van der Waals surface area contributed by atoms with Gasteiger partial charge in [0.1, 0.15) is 24.4 Å². The maximum Gasteiger partial charge on any atom is 0.186 e. The SMILES string of the molecule is CCCCCCCCCCCCC/C=C/[C@H](O)[C@H](N)CO[C@@H]1O[C@H](CO)[C@@H](O)[C@H](O)[C@H]1O. The lowest BCUT2D eigenvalue weighted by Crippen LogP contribution is -2.59. The van der Waals surface area contributed by atoms with E-state index in [1.54, 1.807) is 6.08 Å². The van der Waals surface area contributed by atoms with Crippen LogP contribution >= 0.6 is 0 Å². The summed E-state index contributed by atoms with van der Waals surface area (Å²) in [5, 5.41) is 48.8. The van der Waals surface area contributed by atoms with Crippen molar-refractivity contribution in [1.82, 2.24) is 0 Å². The topological polar surface area (TPSA) is 146 Å². The van der Waals surface area contributed by atoms with E-state index in [9.17, 15) is 25.5 Å². The Morgan fingerprint density at radius 3 is 2.00 bits per heavy atom. The molecule has 1 aliphatic rings. The standard InChI is InChI=1S/C24H47NO7/c1-2-3-4-5-6-7-8-9-10-11-12-13-14-15-19(27)18(25)17-31-24-23(30)22(29)21(28)20(16-26)32-24/h14-15,18-24,26-30H,2-13,16-17,25H2,1H3/b15-14+/t18-,19+,20-,21-,22+,23-,24-/m1/s1. The normalized spacial score (nSPS) is 28.3. The molecule has 0 radical (unpaired) electrons. The molecule has 7 N–H and O–H groups in total. The van der Waals surface area contributed by atoms with E-state index < -0.39 is 49.5 Å². The molecule has 0 aromatic rings. The number of unbranched alkanes of at least 4 members (excludes halogenated alkanes) is 11. The van der Waals surface area contributed by atoms with Crippen molar-refractivity contribution in [1.29, 1.82) is 0 Å². The molecule has 1 saturated heterocycles. The Morgan fingerprint density at radius 1 is 0.875 bits per heavy atom. The van der Waals surface area contributed by atoms with Crippen LogP contribution in [0.3, 0.4) is 0 Å². The minimum Gasteiger partial charge on any atom is -0.394 e. The van der Waals surface area contributed by atoms with Gasteiger partial charge in [-0.15, -0.1) is 0 Å². The van der Waals surface area contributed by atoms with Crippen LogP contribution in [0, 0.1) is 0 Å². The average Bonchev–Trinajstić information content (AvgIpc) is 2.79. The zero-order chi connectivity index (χ0) is 23.8. The summed E-state index contributed by atoms with van der Waals surface area (Å²) in [4.78, 5) is 0. The van der Waals surface area contributed by atoms with E-state index in [1.165, 1.54) is 64.2 Å². The van der Waals surface area contributed by atoms with Crippen LogP contribution in [0.4, 0.5) is 0 Å². The van der Waals surface area contributed by atoms with Crippen LogP contribution in [-0.4, -0.2) is 81.6 Å². The maximum absolute atomic E-state index is 10.2. The molecule has 1 aliphatic heterocycles. The quantitative estimate of drug-likeness (QED) is 0.134. The predicted octanol–water partition coefficient (Wildman–Crippen LogP) is 1.75. The Bertz CT molecular complexity index is 477. The van der Waals surface area contributed by atoms with E-state index in [2.05, 4.69) is 6.92 Å². The van der Waals surface area contributed by atoms with Crippen molar-refractivity contribution >= 4 is 0 Å². The Balaban J connectivity index is 2.10. The highest BCUT2D eigenvalue weighted by molar-refractivity contribution is 4.94. The number of hydrogen-bond donors (Lipinski definition) is 6. The molecular formula is C24H47NO7. The largest absolute Gasteiger partial charge is 0.394 e. The van der Waals surface area contributed by atoms with Gasteiger partial charge in [0.2, 0.25) is 0 Å². The van der Waals surface area contributed by atoms with Gasteiger partial charge in [0.05, 0.1) is 25.4 Å². The molecule has 190 valence electrons. The zero-order valence-corrected chi connectivity index (χ0v) is 19.7. The summed E-state index contributed by atoms with van der Waals surface area (Å²) in [6, 6.07) is -0.740. The van der Waals surface area contributed by atoms with Gasteiger partial charge in [-0.05, 0) is 12.8 Å². The van der Waals surface area contributed by atoms with Crippen molar-refractivity contribution in [3.8, 4) is 0 Å². The van der Waals surface area contributed by atoms with E-state index in [0.717, 1.165) is 12.8 Å². The van der Waals surface area contributed by atoms with Gasteiger partial charge >= 0.3 is 0 Å². The predicted molar refractivity (Wildman–Crippen MR) is 124 cm³/mol. The molecule has 32 heavy (non-hydrogen) atoms. The molecule has 0 bridgehead atoms. The summed E-state index contributed by atoms with van der Waals surface area (Å²) in [5.41, 5.74) is 5.93. The summed E-state index contributed by atoms with van der Waals surface area (Å²) < 4.78 is 10.6. The fraction of sp³-hybridized carbons (Fsp3) is 0.917. The molecule has 1 rings (SSSR count). The monoisotopic (exact) mass is 461 g/mol. The fourth-order valence-electron chi connectivity index (χ4n) is 3.81. The lowest BCUT2D eigenvalue weighted by molar-refractivity contribution is -0.302. The van der Waals surface area contributed by atoms with Crippen molar-refractivity contribution in [3.05, 3.63) is 12.2 Å². The van der Waals surface area contributed by atoms with Gasteiger partial charge in [0.15, 0.2) is 6.29 Å². The Labute approximate surface area is 193 Å². The second-order valence-corrected chi connectivity index (χ2v) is 8.94. The van der Waals surface area contributed by atoms with Crippen LogP contribution in [-0.2, 0) is 9.47 Å². The maximum atomic E-state index is 10.2. The molecule has 0 aliphatic carbocycles. The molecule has 1 heterocycles. The second kappa shape index (κ2) is 17.8. The number of rotatable bonds is 18. The molecule has 7 atom stereocenters. The van der Waals surface area contributed by atoms with Crippen LogP contribution < -0.4 is 5.73 Å². The van der Waals surface area contributed by atoms with E-state index in [-0.39, 0.29) is 6.61 Å². The first kappa shape index (κ1) is 29.5. The smallest absolute Gasteiger partial charge is 0.186 e. The molecule has 0 spiro atoms. The van der Waals surface area contributed by atoms with Crippen LogP contribution in [0.1, 0.15) is 84.0 Å². The molecule has 0 unspecified atom stereocenters. The van der Waals surface area contributed by atoms with Crippen LogP contribution in [0.15, 0.2) is 12.2 Å². The third-order valence-electron chi connectivity index (χ3n) is 6.05. The Kier molecular flexibility index (Phi) is 16.4. The number of aliphatic hydroxyl groups is 5. The Morgan fingerprint density at radius 2 is 1.44 bits per heavy atom. The van der Waals surface area contributed by atoms with Crippen LogP contribution in [0.2, 0.25) is 0 Å². The summed E-state index contributed by atoms with van der Waals surface area (Å²) >= 11 is 0. The third kappa shape index (κ3) is 11.5. The summed E-state index contributed by atoms with van der Waals surface area (Å²) in [6.07, 6.45) is 11.1. The van der Waals surface area contributed by atoms with Crippen LogP contribution in [0.25, 0.3) is 0 Å². The van der Waals surface area contributed by atoms with Crippen molar-refractivity contribution < 1.29 is 35.0 Å². The molecule has 0 aromatic heterocycles. The molecule has 0 amide bonds. The molecule has 1 fully saturated rings. The summed E-state index contributed by atoms with van der Waals surface area (Å²) in [5.74, 6) is 0. The highest BCUT2D eigenvalue weighted by Gasteiger charge is 2.44. The third-order valence-corrected chi connectivity index (χ3v) is 6.05. The second-order valence-electron chi connectivity index (χ2n) is 8.94. The lowest BCUT2D eigenvalue weighted by atomic mass is 9.99. The molecule has 8 heteroatoms. The fourth-order valence-corrected chi connectivity index (χ4v) is 3.81. The molecule has 8 nitrogen and oxygen atoms in total. The number of allylic oxidation sites excluding steroid dienone is 1. The number of aliphatic hydroxyl groups excluding tert-OH is 5. The van der Waals surface area contributed by atoms with Gasteiger partial charge in [-0.25, -0.2) is 0 Å². The van der Waals surface area contributed by atoms with Crippen molar-refractivity contribution in [2.75, 3.05) is 13.2 Å². The molecular weight excluding hydrogens is 414 g/mol. The lowest BCUT2D eigenvalue weighted by Gasteiger charge is -2.39. The first-order valence-electron chi connectivity index (χ1n) is 12.4. The van der Waals surface area contributed by atoms with Gasteiger partial charge in [-0.3, -0.25) is 0 Å². The summed E-state index contributed by atoms with van der Waals surface area (Å²) in [7, 11) is 0. The van der Waals surface area contributed by atoms with E-state index in [0.29, 0.717) is 0 Å². The zero-order valence-electron chi connectivity index (χ0n) is 19.7. The van der Waals surface area contributed by atoms with Gasteiger partial charge in [0, 0.05) is 0 Å².